The van der Waals surface area contributed by atoms with Crippen LogP contribution in [0.15, 0.2) is 11.6 Å². The van der Waals surface area contributed by atoms with Crippen molar-refractivity contribution >= 4 is 11.6 Å². The minimum Gasteiger partial charge on any atom is -0.391 e. The number of nitrogens with zero attached hydrogens (tertiary/aromatic N) is 1. The highest BCUT2D eigenvalue weighted by molar-refractivity contribution is 6.19. The van der Waals surface area contributed by atoms with E-state index in [-0.39, 0.29) is 12.1 Å². The highest BCUT2D eigenvalue weighted by Crippen LogP contribution is 2.29. The maximum Gasteiger partial charge on any atom is 0.0746 e. The van der Waals surface area contributed by atoms with Gasteiger partial charge in [-0.3, -0.25) is 4.90 Å². The molecule has 2 aliphatic heterocycles. The molecule has 0 saturated carbocycles. The quantitative estimate of drug-likeness (QED) is 0.464. The number of aliphatic hydroxyl groups excluding tert-OH is 1. The molecule has 2 nitrogen and oxygen atoms in total. The molecule has 2 heterocycles. The van der Waals surface area contributed by atoms with Gasteiger partial charge in [0.2, 0.25) is 0 Å². The summed E-state index contributed by atoms with van der Waals surface area (Å²) in [6.07, 6.45) is 2.86. The van der Waals surface area contributed by atoms with Gasteiger partial charge in [0.15, 0.2) is 0 Å². The summed E-state index contributed by atoms with van der Waals surface area (Å²) in [5.41, 5.74) is 1.21. The van der Waals surface area contributed by atoms with Gasteiger partial charge in [-0.15, -0.1) is 11.6 Å². The molecule has 0 aromatic heterocycles. The molecule has 1 N–H and O–H groups in total. The molecule has 0 aromatic carbocycles. The Morgan fingerprint density at radius 1 is 1.73 bits per heavy atom. The van der Waals surface area contributed by atoms with E-state index in [1.165, 1.54) is 5.57 Å². The Morgan fingerprint density at radius 3 is 3.27 bits per heavy atom. The summed E-state index contributed by atoms with van der Waals surface area (Å²) in [7, 11) is 0. The highest BCUT2D eigenvalue weighted by Gasteiger charge is 2.37. The van der Waals surface area contributed by atoms with Gasteiger partial charge < -0.3 is 5.11 Å². The van der Waals surface area contributed by atoms with Crippen LogP contribution < -0.4 is 0 Å². The second-order valence-corrected chi connectivity index (χ2v) is 3.48. The molecule has 1 saturated heterocycles. The van der Waals surface area contributed by atoms with Crippen molar-refractivity contribution < 1.29 is 5.11 Å². The van der Waals surface area contributed by atoms with E-state index in [0.717, 1.165) is 19.5 Å². The molecular weight excluding hydrogens is 162 g/mol. The minimum atomic E-state index is -0.178. The minimum absolute atomic E-state index is 0.178. The molecule has 2 atom stereocenters. The summed E-state index contributed by atoms with van der Waals surface area (Å²) in [5, 5.41) is 9.56. The smallest absolute Gasteiger partial charge is 0.0746 e. The molecule has 0 aromatic rings. The van der Waals surface area contributed by atoms with Crippen LogP contribution in [0, 0.1) is 0 Å². The fraction of sp³-hybridized carbons (Fsp3) is 0.750. The molecule has 0 unspecified atom stereocenters. The van der Waals surface area contributed by atoms with E-state index in [1.54, 1.807) is 0 Å². The maximum absolute atomic E-state index is 9.56. The first-order chi connectivity index (χ1) is 5.33. The lowest BCUT2D eigenvalue weighted by Gasteiger charge is -2.19. The van der Waals surface area contributed by atoms with E-state index in [1.807, 2.05) is 0 Å². The van der Waals surface area contributed by atoms with Gasteiger partial charge >= 0.3 is 0 Å². The Hall–Kier alpha value is -0.0500. The van der Waals surface area contributed by atoms with Gasteiger partial charge in [0.25, 0.3) is 0 Å². The zero-order chi connectivity index (χ0) is 7.84. The van der Waals surface area contributed by atoms with Crippen LogP contribution in [-0.4, -0.2) is 41.1 Å². The fourth-order valence-electron chi connectivity index (χ4n) is 2.01. The van der Waals surface area contributed by atoms with Crippen LogP contribution in [0.3, 0.4) is 0 Å². The lowest BCUT2D eigenvalue weighted by molar-refractivity contribution is 0.147. The lowest BCUT2D eigenvalue weighted by atomic mass is 10.1. The topological polar surface area (TPSA) is 23.5 Å². The predicted molar refractivity (Wildman–Crippen MR) is 44.8 cm³/mol. The third kappa shape index (κ3) is 1.10. The van der Waals surface area contributed by atoms with Gasteiger partial charge in [0.1, 0.15) is 0 Å². The number of hydrogen-bond donors (Lipinski definition) is 1. The van der Waals surface area contributed by atoms with Crippen LogP contribution in [0.2, 0.25) is 0 Å². The Balaban J connectivity index is 2.15. The molecule has 0 bridgehead atoms. The Bertz CT molecular complexity index is 193. The van der Waals surface area contributed by atoms with E-state index in [0.29, 0.717) is 5.88 Å². The molecule has 0 radical (unpaired) electrons. The van der Waals surface area contributed by atoms with E-state index < -0.39 is 0 Å². The first-order valence-electron chi connectivity index (χ1n) is 4.00. The third-order valence-corrected chi connectivity index (χ3v) is 2.90. The third-order valence-electron chi connectivity index (χ3n) is 2.59. The zero-order valence-corrected chi connectivity index (χ0v) is 7.09. The molecule has 62 valence electrons. The van der Waals surface area contributed by atoms with Crippen molar-refractivity contribution in [2.45, 2.75) is 18.6 Å². The molecule has 0 spiro atoms. The van der Waals surface area contributed by atoms with Crippen molar-refractivity contribution in [3.05, 3.63) is 11.6 Å². The molecular formula is C8H12ClNO. The van der Waals surface area contributed by atoms with E-state index >= 15 is 0 Å². The average Bonchev–Trinajstić information content (AvgIpc) is 2.54. The first-order valence-corrected chi connectivity index (χ1v) is 4.53. The summed E-state index contributed by atoms with van der Waals surface area (Å²) in [5.74, 6) is 0.568. The second-order valence-electron chi connectivity index (χ2n) is 3.21. The molecule has 3 heteroatoms. The summed E-state index contributed by atoms with van der Waals surface area (Å²) in [4.78, 5) is 2.28. The van der Waals surface area contributed by atoms with Crippen molar-refractivity contribution in [1.29, 1.82) is 0 Å². The van der Waals surface area contributed by atoms with Crippen molar-refractivity contribution in [2.24, 2.45) is 0 Å². The predicted octanol–water partition coefficient (Wildman–Crippen LogP) is 0.600. The SMILES string of the molecule is O[C@@H]1CCN2CC=C(CCl)[C@H]12. The summed E-state index contributed by atoms with van der Waals surface area (Å²) < 4.78 is 0. The summed E-state index contributed by atoms with van der Waals surface area (Å²) >= 11 is 5.73. The standard InChI is InChI=1S/C8H12ClNO/c9-5-6-1-3-10-4-2-7(11)8(6)10/h1,7-8,11H,2-5H2/t7-,8-/m1/s1. The molecule has 11 heavy (non-hydrogen) atoms. The molecule has 1 fully saturated rings. The van der Waals surface area contributed by atoms with Gasteiger partial charge in [0, 0.05) is 19.0 Å². The van der Waals surface area contributed by atoms with Crippen molar-refractivity contribution in [3.63, 3.8) is 0 Å². The van der Waals surface area contributed by atoms with Crippen LogP contribution in [-0.2, 0) is 0 Å². The normalized spacial score (nSPS) is 37.5. The highest BCUT2D eigenvalue weighted by atomic mass is 35.5. The van der Waals surface area contributed by atoms with E-state index in [4.69, 9.17) is 11.6 Å². The van der Waals surface area contributed by atoms with Gasteiger partial charge in [-0.2, -0.15) is 0 Å². The average molecular weight is 174 g/mol. The number of halogens is 1. The second kappa shape index (κ2) is 2.77. The van der Waals surface area contributed by atoms with Crippen LogP contribution in [0.5, 0.6) is 0 Å². The number of rotatable bonds is 1. The van der Waals surface area contributed by atoms with Crippen LogP contribution in [0.1, 0.15) is 6.42 Å². The van der Waals surface area contributed by atoms with Crippen LogP contribution in [0.25, 0.3) is 0 Å². The number of alkyl halides is 1. The van der Waals surface area contributed by atoms with Gasteiger partial charge in [-0.25, -0.2) is 0 Å². The van der Waals surface area contributed by atoms with Crippen molar-refractivity contribution in [2.75, 3.05) is 19.0 Å². The summed E-state index contributed by atoms with van der Waals surface area (Å²) in [6, 6.07) is 0.243. The lowest BCUT2D eigenvalue weighted by Crippen LogP contribution is -2.32. The maximum atomic E-state index is 9.56. The number of fused-ring (bicyclic) bond motifs is 1. The Morgan fingerprint density at radius 2 is 2.55 bits per heavy atom. The van der Waals surface area contributed by atoms with E-state index in [9.17, 15) is 5.11 Å². The van der Waals surface area contributed by atoms with Crippen LogP contribution >= 0.6 is 11.6 Å². The number of hydrogen-bond acceptors (Lipinski definition) is 2. The van der Waals surface area contributed by atoms with Crippen LogP contribution in [0.4, 0.5) is 0 Å². The molecule has 2 aliphatic rings. The van der Waals surface area contributed by atoms with Gasteiger partial charge in [-0.1, -0.05) is 6.08 Å². The van der Waals surface area contributed by atoms with Crippen molar-refractivity contribution in [3.8, 4) is 0 Å². The Labute approximate surface area is 71.4 Å². The van der Waals surface area contributed by atoms with E-state index in [2.05, 4.69) is 11.0 Å². The largest absolute Gasteiger partial charge is 0.391 e. The Kier molecular flexibility index (Phi) is 1.91. The zero-order valence-electron chi connectivity index (χ0n) is 6.33. The fourth-order valence-corrected chi connectivity index (χ4v) is 2.28. The molecule has 0 amide bonds. The first kappa shape index (κ1) is 7.59. The number of aliphatic hydroxyl groups is 1. The van der Waals surface area contributed by atoms with Gasteiger partial charge in [0.05, 0.1) is 12.1 Å². The molecule has 0 aliphatic carbocycles. The van der Waals surface area contributed by atoms with Crippen molar-refractivity contribution in [1.82, 2.24) is 4.90 Å². The molecule has 2 rings (SSSR count). The monoisotopic (exact) mass is 173 g/mol. The summed E-state index contributed by atoms with van der Waals surface area (Å²) in [6.45, 7) is 1.99. The van der Waals surface area contributed by atoms with Gasteiger partial charge in [-0.05, 0) is 12.0 Å².